The molecule has 1 aromatic carbocycles. The zero-order valence-electron chi connectivity index (χ0n) is 16.8. The molecule has 1 aromatic rings. The molecule has 1 atom stereocenters. The van der Waals surface area contributed by atoms with Crippen molar-refractivity contribution in [3.05, 3.63) is 35.9 Å². The van der Waals surface area contributed by atoms with Crippen LogP contribution in [0.2, 0.25) is 0 Å². The molecular weight excluding hydrogens is 374 g/mol. The first-order chi connectivity index (χ1) is 13.8. The van der Waals surface area contributed by atoms with Crippen LogP contribution in [0.5, 0.6) is 0 Å². The second-order valence-electron chi connectivity index (χ2n) is 7.82. The van der Waals surface area contributed by atoms with Gasteiger partial charge < -0.3 is 15.0 Å². The van der Waals surface area contributed by atoms with Crippen molar-refractivity contribution < 1.29 is 23.9 Å². The Balaban J connectivity index is 1.56. The molecule has 0 bridgehead atoms. The predicted molar refractivity (Wildman–Crippen MR) is 105 cm³/mol. The van der Waals surface area contributed by atoms with Crippen molar-refractivity contribution in [3.8, 4) is 0 Å². The summed E-state index contributed by atoms with van der Waals surface area (Å²) in [6, 6.07) is 9.20. The van der Waals surface area contributed by atoms with E-state index in [4.69, 9.17) is 4.74 Å². The van der Waals surface area contributed by atoms with E-state index in [1.807, 2.05) is 30.3 Å². The fourth-order valence-electron chi connectivity index (χ4n) is 3.87. The molecule has 29 heavy (non-hydrogen) atoms. The van der Waals surface area contributed by atoms with E-state index in [2.05, 4.69) is 5.32 Å². The molecule has 0 aliphatic carbocycles. The zero-order valence-corrected chi connectivity index (χ0v) is 16.8. The SMILES string of the molecule is COC(=O)C1CCN(C(=O)CN2C(=O)N[C@@](C)(CCc3ccccc3)C2=O)CC1. The molecule has 0 aromatic heterocycles. The number of urea groups is 1. The first-order valence-corrected chi connectivity index (χ1v) is 9.87. The number of benzene rings is 1. The first-order valence-electron chi connectivity index (χ1n) is 9.87. The molecule has 2 heterocycles. The van der Waals surface area contributed by atoms with Gasteiger partial charge in [-0.1, -0.05) is 30.3 Å². The van der Waals surface area contributed by atoms with Gasteiger partial charge in [0.25, 0.3) is 5.91 Å². The molecule has 0 spiro atoms. The van der Waals surface area contributed by atoms with Gasteiger partial charge in [-0.05, 0) is 38.2 Å². The second-order valence-corrected chi connectivity index (χ2v) is 7.82. The first kappa shape index (κ1) is 20.8. The number of hydrogen-bond donors (Lipinski definition) is 1. The van der Waals surface area contributed by atoms with E-state index in [1.54, 1.807) is 11.8 Å². The quantitative estimate of drug-likeness (QED) is 0.573. The Bertz CT molecular complexity index is 789. The molecule has 4 amide bonds. The summed E-state index contributed by atoms with van der Waals surface area (Å²) in [4.78, 5) is 52.1. The van der Waals surface area contributed by atoms with E-state index in [0.717, 1.165) is 10.5 Å². The Morgan fingerprint density at radius 1 is 1.17 bits per heavy atom. The van der Waals surface area contributed by atoms with E-state index in [1.165, 1.54) is 7.11 Å². The summed E-state index contributed by atoms with van der Waals surface area (Å²) < 4.78 is 4.75. The van der Waals surface area contributed by atoms with Crippen molar-refractivity contribution in [2.75, 3.05) is 26.7 Å². The number of hydrogen-bond acceptors (Lipinski definition) is 5. The number of likely N-dealkylation sites (tertiary alicyclic amines) is 1. The number of nitrogens with zero attached hydrogens (tertiary/aromatic N) is 2. The minimum Gasteiger partial charge on any atom is -0.469 e. The average molecular weight is 401 g/mol. The molecule has 3 rings (SSSR count). The lowest BCUT2D eigenvalue weighted by Crippen LogP contribution is -2.48. The maximum absolute atomic E-state index is 12.9. The van der Waals surface area contributed by atoms with Gasteiger partial charge in [0.15, 0.2) is 0 Å². The fraction of sp³-hybridized carbons (Fsp3) is 0.524. The number of esters is 1. The van der Waals surface area contributed by atoms with Crippen LogP contribution in [0, 0.1) is 5.92 Å². The molecule has 2 saturated heterocycles. The maximum atomic E-state index is 12.9. The topological polar surface area (TPSA) is 96.0 Å². The lowest BCUT2D eigenvalue weighted by molar-refractivity contribution is -0.149. The Morgan fingerprint density at radius 2 is 1.83 bits per heavy atom. The summed E-state index contributed by atoms with van der Waals surface area (Å²) >= 11 is 0. The Kier molecular flexibility index (Phi) is 6.20. The molecule has 0 saturated carbocycles. The van der Waals surface area contributed by atoms with Gasteiger partial charge in [-0.15, -0.1) is 0 Å². The maximum Gasteiger partial charge on any atom is 0.325 e. The lowest BCUT2D eigenvalue weighted by Gasteiger charge is -2.31. The zero-order chi connectivity index (χ0) is 21.0. The third kappa shape index (κ3) is 4.58. The summed E-state index contributed by atoms with van der Waals surface area (Å²) in [5.41, 5.74) is 0.0595. The van der Waals surface area contributed by atoms with Gasteiger partial charge in [0, 0.05) is 13.1 Å². The van der Waals surface area contributed by atoms with E-state index in [0.29, 0.717) is 38.8 Å². The number of methoxy groups -OCH3 is 1. The number of nitrogens with one attached hydrogen (secondary N) is 1. The molecule has 2 aliphatic rings. The van der Waals surface area contributed by atoms with Crippen LogP contribution in [0.25, 0.3) is 0 Å². The van der Waals surface area contributed by atoms with Crippen LogP contribution in [-0.2, 0) is 25.5 Å². The average Bonchev–Trinajstić information content (AvgIpc) is 2.96. The predicted octanol–water partition coefficient (Wildman–Crippen LogP) is 1.34. The second kappa shape index (κ2) is 8.63. The third-order valence-corrected chi connectivity index (χ3v) is 5.78. The van der Waals surface area contributed by atoms with Crippen LogP contribution in [0.1, 0.15) is 31.7 Å². The highest BCUT2D eigenvalue weighted by Crippen LogP contribution is 2.24. The van der Waals surface area contributed by atoms with Crippen LogP contribution in [0.3, 0.4) is 0 Å². The van der Waals surface area contributed by atoms with E-state index in [-0.39, 0.29) is 30.2 Å². The number of ether oxygens (including phenoxy) is 1. The van der Waals surface area contributed by atoms with E-state index in [9.17, 15) is 19.2 Å². The van der Waals surface area contributed by atoms with Crippen LogP contribution in [0.15, 0.2) is 30.3 Å². The van der Waals surface area contributed by atoms with Crippen molar-refractivity contribution in [2.24, 2.45) is 5.92 Å². The van der Waals surface area contributed by atoms with Crippen molar-refractivity contribution in [3.63, 3.8) is 0 Å². The number of carbonyl (C=O) groups is 4. The van der Waals surface area contributed by atoms with Gasteiger partial charge in [-0.3, -0.25) is 19.3 Å². The Morgan fingerprint density at radius 3 is 2.45 bits per heavy atom. The number of imide groups is 1. The van der Waals surface area contributed by atoms with Crippen LogP contribution < -0.4 is 5.32 Å². The van der Waals surface area contributed by atoms with Gasteiger partial charge in [0.1, 0.15) is 12.1 Å². The summed E-state index contributed by atoms with van der Waals surface area (Å²) in [6.45, 7) is 2.23. The smallest absolute Gasteiger partial charge is 0.325 e. The monoisotopic (exact) mass is 401 g/mol. The van der Waals surface area contributed by atoms with Crippen LogP contribution in [0.4, 0.5) is 4.79 Å². The van der Waals surface area contributed by atoms with Gasteiger partial charge in [-0.2, -0.15) is 0 Å². The number of rotatable bonds is 6. The molecule has 156 valence electrons. The Hall–Kier alpha value is -2.90. The molecule has 8 nitrogen and oxygen atoms in total. The van der Waals surface area contributed by atoms with Crippen molar-refractivity contribution >= 4 is 23.8 Å². The van der Waals surface area contributed by atoms with E-state index >= 15 is 0 Å². The highest BCUT2D eigenvalue weighted by Gasteiger charge is 2.48. The summed E-state index contributed by atoms with van der Waals surface area (Å²) in [5, 5.41) is 2.74. The molecule has 2 fully saturated rings. The van der Waals surface area contributed by atoms with Crippen LogP contribution in [-0.4, -0.2) is 65.9 Å². The summed E-state index contributed by atoms with van der Waals surface area (Å²) in [5.74, 6) is -1.14. The van der Waals surface area contributed by atoms with Gasteiger partial charge in [0.2, 0.25) is 5.91 Å². The lowest BCUT2D eigenvalue weighted by atomic mass is 9.93. The molecule has 2 aliphatic heterocycles. The third-order valence-electron chi connectivity index (χ3n) is 5.78. The minimum atomic E-state index is -1.02. The van der Waals surface area contributed by atoms with Crippen molar-refractivity contribution in [1.29, 1.82) is 0 Å². The summed E-state index contributed by atoms with van der Waals surface area (Å²) in [6.07, 6.45) is 2.14. The summed E-state index contributed by atoms with van der Waals surface area (Å²) in [7, 11) is 1.35. The Labute approximate surface area is 170 Å². The number of carbonyl (C=O) groups excluding carboxylic acids is 4. The van der Waals surface area contributed by atoms with Crippen molar-refractivity contribution in [1.82, 2.24) is 15.1 Å². The highest BCUT2D eigenvalue weighted by molar-refractivity contribution is 6.08. The number of amides is 4. The van der Waals surface area contributed by atoms with E-state index < -0.39 is 11.6 Å². The molecular formula is C21H27N3O5. The molecule has 0 radical (unpaired) electrons. The number of aryl methyl sites for hydroxylation is 1. The molecule has 1 N–H and O–H groups in total. The van der Waals surface area contributed by atoms with Crippen LogP contribution >= 0.6 is 0 Å². The highest BCUT2D eigenvalue weighted by atomic mass is 16.5. The standard InChI is InChI=1S/C21H27N3O5/c1-21(11-8-15-6-4-3-5-7-15)19(27)24(20(28)22-21)14-17(25)23-12-9-16(10-13-23)18(26)29-2/h3-7,16H,8-14H2,1-2H3,(H,22,28)/t21-/m0/s1. The normalized spacial score (nSPS) is 22.6. The fourth-order valence-corrected chi connectivity index (χ4v) is 3.87. The van der Waals surface area contributed by atoms with Gasteiger partial charge in [0.05, 0.1) is 13.0 Å². The molecule has 0 unspecified atom stereocenters. The largest absolute Gasteiger partial charge is 0.469 e. The molecule has 8 heteroatoms. The van der Waals surface area contributed by atoms with Gasteiger partial charge >= 0.3 is 12.0 Å². The van der Waals surface area contributed by atoms with Crippen molar-refractivity contribution in [2.45, 2.75) is 38.1 Å². The minimum absolute atomic E-state index is 0.206. The number of piperidine rings is 1. The van der Waals surface area contributed by atoms with Gasteiger partial charge in [-0.25, -0.2) is 4.79 Å².